The van der Waals surface area contributed by atoms with Crippen molar-refractivity contribution in [1.29, 1.82) is 0 Å². The van der Waals surface area contributed by atoms with Crippen molar-refractivity contribution < 1.29 is 5.11 Å². The summed E-state index contributed by atoms with van der Waals surface area (Å²) in [5.74, 6) is 0. The molecule has 0 bridgehead atoms. The van der Waals surface area contributed by atoms with Crippen LogP contribution in [0.5, 0.6) is 0 Å². The molecule has 2 unspecified atom stereocenters. The average Bonchev–Trinajstić information content (AvgIpc) is 2.25. The fourth-order valence-electron chi connectivity index (χ4n) is 1.98. The van der Waals surface area contributed by atoms with Gasteiger partial charge in [0, 0.05) is 19.1 Å². The predicted octanol–water partition coefficient (Wildman–Crippen LogP) is 1.57. The van der Waals surface area contributed by atoms with Gasteiger partial charge in [-0.05, 0) is 39.1 Å². The first-order valence-electron chi connectivity index (χ1n) is 6.12. The van der Waals surface area contributed by atoms with Gasteiger partial charge in [-0.25, -0.2) is 0 Å². The van der Waals surface area contributed by atoms with Crippen molar-refractivity contribution in [3.63, 3.8) is 0 Å². The minimum absolute atomic E-state index is 0.271. The smallest absolute Gasteiger partial charge is 0.0791 e. The summed E-state index contributed by atoms with van der Waals surface area (Å²) in [4.78, 5) is 1.99. The maximum absolute atomic E-state index is 9.78. The zero-order valence-electron chi connectivity index (χ0n) is 11.3. The molecule has 0 heterocycles. The summed E-state index contributed by atoms with van der Waals surface area (Å²) >= 11 is 0. The van der Waals surface area contributed by atoms with Crippen molar-refractivity contribution >= 4 is 0 Å². The quantitative estimate of drug-likeness (QED) is 0.787. The lowest BCUT2D eigenvalue weighted by atomic mass is 10.0. The van der Waals surface area contributed by atoms with Crippen LogP contribution in [0.1, 0.15) is 24.1 Å². The zero-order valence-corrected chi connectivity index (χ0v) is 11.3. The summed E-state index contributed by atoms with van der Waals surface area (Å²) in [6, 6.07) is 8.62. The zero-order chi connectivity index (χ0) is 12.8. The van der Waals surface area contributed by atoms with Crippen molar-refractivity contribution in [3.8, 4) is 0 Å². The SMILES string of the molecule is Cc1ccccc1C(C)NCC(O)CN(C)C. The van der Waals surface area contributed by atoms with Crippen LogP contribution in [0.2, 0.25) is 0 Å². The van der Waals surface area contributed by atoms with Gasteiger partial charge in [0.15, 0.2) is 0 Å². The molecule has 0 radical (unpaired) electrons. The van der Waals surface area contributed by atoms with Crippen LogP contribution in [0.4, 0.5) is 0 Å². The Bertz CT molecular complexity index is 339. The van der Waals surface area contributed by atoms with Crippen molar-refractivity contribution in [1.82, 2.24) is 10.2 Å². The molecule has 1 aromatic rings. The molecular weight excluding hydrogens is 212 g/mol. The summed E-state index contributed by atoms with van der Waals surface area (Å²) in [6.45, 7) is 5.55. The van der Waals surface area contributed by atoms with E-state index in [1.165, 1.54) is 11.1 Å². The first kappa shape index (κ1) is 14.2. The van der Waals surface area contributed by atoms with Gasteiger partial charge in [0.25, 0.3) is 0 Å². The standard InChI is InChI=1S/C14H24N2O/c1-11-7-5-6-8-14(11)12(2)15-9-13(17)10-16(3)4/h5-8,12-13,15,17H,9-10H2,1-4H3. The van der Waals surface area contributed by atoms with Crippen LogP contribution in [-0.4, -0.2) is 43.3 Å². The normalized spacial score (nSPS) is 14.9. The number of aliphatic hydroxyl groups excluding tert-OH is 1. The number of nitrogens with one attached hydrogen (secondary N) is 1. The lowest BCUT2D eigenvalue weighted by molar-refractivity contribution is 0.132. The van der Waals surface area contributed by atoms with Gasteiger partial charge in [0.05, 0.1) is 6.10 Å². The molecular formula is C14H24N2O. The molecule has 0 aromatic heterocycles. The average molecular weight is 236 g/mol. The van der Waals surface area contributed by atoms with E-state index in [0.29, 0.717) is 13.1 Å². The Kier molecular flexibility index (Phi) is 5.62. The van der Waals surface area contributed by atoms with Crippen LogP contribution >= 0.6 is 0 Å². The van der Waals surface area contributed by atoms with Crippen molar-refractivity contribution in [2.45, 2.75) is 26.0 Å². The highest BCUT2D eigenvalue weighted by Crippen LogP contribution is 2.16. The molecule has 0 fully saturated rings. The largest absolute Gasteiger partial charge is 0.390 e. The van der Waals surface area contributed by atoms with E-state index in [4.69, 9.17) is 0 Å². The first-order valence-corrected chi connectivity index (χ1v) is 6.12. The van der Waals surface area contributed by atoms with E-state index in [0.717, 1.165) is 0 Å². The number of aryl methyl sites for hydroxylation is 1. The fourth-order valence-corrected chi connectivity index (χ4v) is 1.98. The van der Waals surface area contributed by atoms with Crippen LogP contribution in [0, 0.1) is 6.92 Å². The summed E-state index contributed by atoms with van der Waals surface area (Å²) in [6.07, 6.45) is -0.323. The third kappa shape index (κ3) is 4.86. The van der Waals surface area contributed by atoms with Gasteiger partial charge >= 0.3 is 0 Å². The third-order valence-corrected chi connectivity index (χ3v) is 2.89. The summed E-state index contributed by atoms with van der Waals surface area (Å²) in [5.41, 5.74) is 2.58. The monoisotopic (exact) mass is 236 g/mol. The molecule has 0 spiro atoms. The van der Waals surface area contributed by atoms with E-state index in [-0.39, 0.29) is 12.1 Å². The number of rotatable bonds is 6. The highest BCUT2D eigenvalue weighted by atomic mass is 16.3. The first-order chi connectivity index (χ1) is 8.00. The Labute approximate surface area is 104 Å². The maximum atomic E-state index is 9.78. The molecule has 0 aliphatic rings. The maximum Gasteiger partial charge on any atom is 0.0791 e. The summed E-state index contributed by atoms with van der Waals surface area (Å²) in [5, 5.41) is 13.1. The molecule has 2 N–H and O–H groups in total. The lowest BCUT2D eigenvalue weighted by Crippen LogP contribution is -2.36. The van der Waals surface area contributed by atoms with Gasteiger partial charge in [-0.3, -0.25) is 0 Å². The molecule has 0 saturated carbocycles. The highest BCUT2D eigenvalue weighted by molar-refractivity contribution is 5.28. The molecule has 17 heavy (non-hydrogen) atoms. The van der Waals surface area contributed by atoms with Crippen LogP contribution < -0.4 is 5.32 Å². The number of likely N-dealkylation sites (N-methyl/N-ethyl adjacent to an activating group) is 1. The number of nitrogens with zero attached hydrogens (tertiary/aromatic N) is 1. The molecule has 0 aliphatic carbocycles. The second kappa shape index (κ2) is 6.74. The Balaban J connectivity index is 2.45. The van der Waals surface area contributed by atoms with Crippen molar-refractivity contribution in [2.24, 2.45) is 0 Å². The molecule has 1 aromatic carbocycles. The Hall–Kier alpha value is -0.900. The third-order valence-electron chi connectivity index (χ3n) is 2.89. The number of hydrogen-bond donors (Lipinski definition) is 2. The second-order valence-electron chi connectivity index (χ2n) is 4.90. The van der Waals surface area contributed by atoms with E-state index >= 15 is 0 Å². The predicted molar refractivity (Wildman–Crippen MR) is 72.2 cm³/mol. The van der Waals surface area contributed by atoms with E-state index in [1.807, 2.05) is 25.1 Å². The van der Waals surface area contributed by atoms with Crippen molar-refractivity contribution in [2.75, 3.05) is 27.2 Å². The summed E-state index contributed by atoms with van der Waals surface area (Å²) in [7, 11) is 3.93. The number of benzene rings is 1. The second-order valence-corrected chi connectivity index (χ2v) is 4.90. The molecule has 3 heteroatoms. The fraction of sp³-hybridized carbons (Fsp3) is 0.571. The minimum Gasteiger partial charge on any atom is -0.390 e. The van der Waals surface area contributed by atoms with E-state index < -0.39 is 0 Å². The number of aliphatic hydroxyl groups is 1. The van der Waals surface area contributed by atoms with Gasteiger partial charge in [-0.15, -0.1) is 0 Å². The molecule has 0 amide bonds. The Morgan fingerprint density at radius 3 is 2.53 bits per heavy atom. The van der Waals surface area contributed by atoms with E-state index in [2.05, 4.69) is 37.4 Å². The van der Waals surface area contributed by atoms with Crippen molar-refractivity contribution in [3.05, 3.63) is 35.4 Å². The van der Waals surface area contributed by atoms with Crippen LogP contribution in [0.25, 0.3) is 0 Å². The van der Waals surface area contributed by atoms with Gasteiger partial charge in [0.2, 0.25) is 0 Å². The van der Waals surface area contributed by atoms with E-state index in [9.17, 15) is 5.11 Å². The lowest BCUT2D eigenvalue weighted by Gasteiger charge is -2.21. The highest BCUT2D eigenvalue weighted by Gasteiger charge is 2.10. The van der Waals surface area contributed by atoms with Crippen LogP contribution in [-0.2, 0) is 0 Å². The van der Waals surface area contributed by atoms with Gasteiger partial charge in [-0.1, -0.05) is 24.3 Å². The van der Waals surface area contributed by atoms with Gasteiger partial charge < -0.3 is 15.3 Å². The molecule has 1 rings (SSSR count). The van der Waals surface area contributed by atoms with Crippen LogP contribution in [0.15, 0.2) is 24.3 Å². The molecule has 2 atom stereocenters. The van der Waals surface area contributed by atoms with Gasteiger partial charge in [-0.2, -0.15) is 0 Å². The molecule has 96 valence electrons. The molecule has 0 aliphatic heterocycles. The van der Waals surface area contributed by atoms with Crippen LogP contribution in [0.3, 0.4) is 0 Å². The molecule has 3 nitrogen and oxygen atoms in total. The summed E-state index contributed by atoms with van der Waals surface area (Å²) < 4.78 is 0. The van der Waals surface area contributed by atoms with E-state index in [1.54, 1.807) is 0 Å². The minimum atomic E-state index is -0.323. The topological polar surface area (TPSA) is 35.5 Å². The molecule has 0 saturated heterocycles. The Morgan fingerprint density at radius 1 is 1.29 bits per heavy atom. The Morgan fingerprint density at radius 2 is 1.94 bits per heavy atom. The van der Waals surface area contributed by atoms with Gasteiger partial charge in [0.1, 0.15) is 0 Å². The number of hydrogen-bond acceptors (Lipinski definition) is 3.